The normalized spacial score (nSPS) is 13.6. The number of hydrazone groups is 1. The van der Waals surface area contributed by atoms with Gasteiger partial charge in [0.15, 0.2) is 5.82 Å². The maximum Gasteiger partial charge on any atom is 0.158 e. The number of hydrogen-bond donors (Lipinski definition) is 1. The number of rotatable bonds is 4. The second-order valence-electron chi connectivity index (χ2n) is 5.37. The number of nitrogens with one attached hydrogen (secondary N) is 1. The SMILES string of the molecule is COc1ccccc1/C=N\Nc1ncnc2sc3c(c12)CCC3. The lowest BCUT2D eigenvalue weighted by molar-refractivity contribution is 0.414. The van der Waals surface area contributed by atoms with Crippen LogP contribution in [0.25, 0.3) is 10.2 Å². The van der Waals surface area contributed by atoms with Gasteiger partial charge in [-0.3, -0.25) is 5.43 Å². The molecule has 0 spiro atoms. The maximum absolute atomic E-state index is 5.32. The number of thiophene rings is 1. The first kappa shape index (κ1) is 14.1. The van der Waals surface area contributed by atoms with Crippen molar-refractivity contribution in [3.05, 3.63) is 46.6 Å². The molecule has 2 aromatic heterocycles. The van der Waals surface area contributed by atoms with Crippen molar-refractivity contribution in [1.29, 1.82) is 0 Å². The molecule has 0 saturated carbocycles. The predicted molar refractivity (Wildman–Crippen MR) is 93.7 cm³/mol. The van der Waals surface area contributed by atoms with Crippen molar-refractivity contribution in [2.24, 2.45) is 5.10 Å². The average molecular weight is 324 g/mol. The van der Waals surface area contributed by atoms with Crippen LogP contribution in [-0.4, -0.2) is 23.3 Å². The smallest absolute Gasteiger partial charge is 0.158 e. The number of methoxy groups -OCH3 is 1. The number of aryl methyl sites for hydroxylation is 2. The Hall–Kier alpha value is -2.47. The van der Waals surface area contributed by atoms with Crippen LogP contribution in [0, 0.1) is 0 Å². The molecule has 1 N–H and O–H groups in total. The lowest BCUT2D eigenvalue weighted by Crippen LogP contribution is -1.97. The van der Waals surface area contributed by atoms with E-state index >= 15 is 0 Å². The third kappa shape index (κ3) is 2.55. The van der Waals surface area contributed by atoms with Crippen molar-refractivity contribution in [3.8, 4) is 5.75 Å². The molecule has 1 aliphatic carbocycles. The summed E-state index contributed by atoms with van der Waals surface area (Å²) in [5.74, 6) is 1.57. The van der Waals surface area contributed by atoms with Crippen molar-refractivity contribution < 1.29 is 4.74 Å². The number of benzene rings is 1. The zero-order valence-electron chi connectivity index (χ0n) is 12.7. The zero-order valence-corrected chi connectivity index (χ0v) is 13.6. The van der Waals surface area contributed by atoms with E-state index in [-0.39, 0.29) is 0 Å². The second-order valence-corrected chi connectivity index (χ2v) is 6.46. The van der Waals surface area contributed by atoms with Crippen molar-refractivity contribution >= 4 is 33.6 Å². The minimum absolute atomic E-state index is 0.778. The van der Waals surface area contributed by atoms with E-state index in [4.69, 9.17) is 4.74 Å². The van der Waals surface area contributed by atoms with Gasteiger partial charge in [-0.2, -0.15) is 5.10 Å². The van der Waals surface area contributed by atoms with Crippen LogP contribution < -0.4 is 10.2 Å². The largest absolute Gasteiger partial charge is 0.496 e. The fourth-order valence-electron chi connectivity index (χ4n) is 2.95. The topological polar surface area (TPSA) is 59.4 Å². The zero-order chi connectivity index (χ0) is 15.6. The molecule has 23 heavy (non-hydrogen) atoms. The summed E-state index contributed by atoms with van der Waals surface area (Å²) in [5.41, 5.74) is 5.38. The summed E-state index contributed by atoms with van der Waals surface area (Å²) in [6.45, 7) is 0. The lowest BCUT2D eigenvalue weighted by Gasteiger charge is -2.04. The molecule has 0 radical (unpaired) electrons. The number of ether oxygens (including phenoxy) is 1. The van der Waals surface area contributed by atoms with Crippen LogP contribution in [0.5, 0.6) is 5.75 Å². The number of fused-ring (bicyclic) bond motifs is 3. The number of para-hydroxylation sites is 1. The Labute approximate surface area is 138 Å². The van der Waals surface area contributed by atoms with Gasteiger partial charge in [0.2, 0.25) is 0 Å². The fraction of sp³-hybridized carbons (Fsp3) is 0.235. The molecule has 1 aromatic carbocycles. The molecule has 0 atom stereocenters. The van der Waals surface area contributed by atoms with Gasteiger partial charge >= 0.3 is 0 Å². The summed E-state index contributed by atoms with van der Waals surface area (Å²) in [5, 5.41) is 5.46. The highest BCUT2D eigenvalue weighted by Gasteiger charge is 2.20. The van der Waals surface area contributed by atoms with E-state index in [1.165, 1.54) is 16.9 Å². The highest BCUT2D eigenvalue weighted by molar-refractivity contribution is 7.19. The Kier molecular flexibility index (Phi) is 3.67. The Bertz CT molecular complexity index is 887. The van der Waals surface area contributed by atoms with Crippen molar-refractivity contribution in [3.63, 3.8) is 0 Å². The molecule has 2 heterocycles. The molecular formula is C17H16N4OS. The molecule has 0 amide bonds. The summed E-state index contributed by atoms with van der Waals surface area (Å²) in [4.78, 5) is 11.2. The van der Waals surface area contributed by atoms with Gasteiger partial charge in [0, 0.05) is 10.4 Å². The summed E-state index contributed by atoms with van der Waals surface area (Å²) in [6, 6.07) is 7.77. The first-order chi connectivity index (χ1) is 11.4. The molecule has 0 bridgehead atoms. The summed E-state index contributed by atoms with van der Waals surface area (Å²) in [7, 11) is 1.66. The van der Waals surface area contributed by atoms with Crippen LogP contribution in [0.2, 0.25) is 0 Å². The Balaban J connectivity index is 1.65. The Morgan fingerprint density at radius 1 is 1.26 bits per heavy atom. The van der Waals surface area contributed by atoms with Gasteiger partial charge in [-0.1, -0.05) is 12.1 Å². The van der Waals surface area contributed by atoms with Crippen LogP contribution >= 0.6 is 11.3 Å². The van der Waals surface area contributed by atoms with Gasteiger partial charge < -0.3 is 4.74 Å². The van der Waals surface area contributed by atoms with Crippen LogP contribution in [0.15, 0.2) is 35.7 Å². The van der Waals surface area contributed by atoms with Gasteiger partial charge in [0.1, 0.15) is 16.9 Å². The van der Waals surface area contributed by atoms with E-state index in [9.17, 15) is 0 Å². The second kappa shape index (κ2) is 5.96. The fourth-order valence-corrected chi connectivity index (χ4v) is 4.18. The monoisotopic (exact) mass is 324 g/mol. The van der Waals surface area contributed by atoms with Crippen LogP contribution in [-0.2, 0) is 12.8 Å². The van der Waals surface area contributed by atoms with Crippen LogP contribution in [0.1, 0.15) is 22.4 Å². The number of hydrogen-bond acceptors (Lipinski definition) is 6. The first-order valence-electron chi connectivity index (χ1n) is 7.54. The molecule has 116 valence electrons. The van der Waals surface area contributed by atoms with Crippen LogP contribution in [0.3, 0.4) is 0 Å². The third-order valence-corrected chi connectivity index (χ3v) is 5.21. The molecule has 5 nitrogen and oxygen atoms in total. The van der Waals surface area contributed by atoms with Crippen LogP contribution in [0.4, 0.5) is 5.82 Å². The third-order valence-electron chi connectivity index (χ3n) is 4.01. The molecule has 3 aromatic rings. The van der Waals surface area contributed by atoms with E-state index in [1.807, 2.05) is 24.3 Å². The van der Waals surface area contributed by atoms with Gasteiger partial charge in [-0.05, 0) is 37.0 Å². The average Bonchev–Trinajstić information content (AvgIpc) is 3.16. The van der Waals surface area contributed by atoms with Gasteiger partial charge in [0.05, 0.1) is 18.7 Å². The lowest BCUT2D eigenvalue weighted by atomic mass is 10.2. The minimum atomic E-state index is 0.778. The quantitative estimate of drug-likeness (QED) is 0.588. The molecule has 0 unspecified atom stereocenters. The van der Waals surface area contributed by atoms with Crippen molar-refractivity contribution in [2.45, 2.75) is 19.3 Å². The van der Waals surface area contributed by atoms with E-state index in [0.717, 1.165) is 40.2 Å². The van der Waals surface area contributed by atoms with Gasteiger partial charge in [0.25, 0.3) is 0 Å². The number of aromatic nitrogens is 2. The summed E-state index contributed by atoms with van der Waals surface area (Å²) >= 11 is 1.77. The highest BCUT2D eigenvalue weighted by atomic mass is 32.1. The van der Waals surface area contributed by atoms with E-state index < -0.39 is 0 Å². The number of nitrogens with zero attached hydrogens (tertiary/aromatic N) is 3. The molecule has 1 aliphatic rings. The summed E-state index contributed by atoms with van der Waals surface area (Å²) in [6.07, 6.45) is 6.82. The van der Waals surface area contributed by atoms with E-state index in [1.54, 1.807) is 31.0 Å². The summed E-state index contributed by atoms with van der Waals surface area (Å²) < 4.78 is 5.32. The standard InChI is InChI=1S/C17H16N4OS/c1-22-13-7-3-2-5-11(13)9-20-21-16-15-12-6-4-8-14(12)23-17(15)19-10-18-16/h2-3,5,7,9-10H,4,6,8H2,1H3,(H,18,19,21)/b20-9-. The van der Waals surface area contributed by atoms with E-state index in [2.05, 4.69) is 20.5 Å². The molecular weight excluding hydrogens is 308 g/mol. The number of anilines is 1. The molecule has 0 saturated heterocycles. The molecule has 4 rings (SSSR count). The predicted octanol–water partition coefficient (Wildman–Crippen LogP) is 3.63. The molecule has 6 heteroatoms. The van der Waals surface area contributed by atoms with Crippen molar-refractivity contribution in [1.82, 2.24) is 9.97 Å². The Morgan fingerprint density at radius 3 is 3.09 bits per heavy atom. The Morgan fingerprint density at radius 2 is 2.17 bits per heavy atom. The van der Waals surface area contributed by atoms with Gasteiger partial charge in [-0.15, -0.1) is 11.3 Å². The van der Waals surface area contributed by atoms with Gasteiger partial charge in [-0.25, -0.2) is 9.97 Å². The highest BCUT2D eigenvalue weighted by Crippen LogP contribution is 2.38. The first-order valence-corrected chi connectivity index (χ1v) is 8.36. The minimum Gasteiger partial charge on any atom is -0.496 e. The van der Waals surface area contributed by atoms with Crippen molar-refractivity contribution in [2.75, 3.05) is 12.5 Å². The van der Waals surface area contributed by atoms with E-state index in [0.29, 0.717) is 0 Å². The maximum atomic E-state index is 5.32. The molecule has 0 fully saturated rings. The molecule has 0 aliphatic heterocycles.